The molecule has 0 spiro atoms. The van der Waals surface area contributed by atoms with E-state index in [-0.39, 0.29) is 12.5 Å². The number of hydrogen-bond acceptors (Lipinski definition) is 2. The summed E-state index contributed by atoms with van der Waals surface area (Å²) in [5.41, 5.74) is 3.89. The summed E-state index contributed by atoms with van der Waals surface area (Å²) in [5, 5.41) is 10.5. The zero-order valence-electron chi connectivity index (χ0n) is 14.1. The molecule has 4 rings (SSSR count). The molecule has 0 atom stereocenters. The Labute approximate surface area is 147 Å². The Hall–Kier alpha value is -2.59. The highest BCUT2D eigenvalue weighted by atomic mass is 16.3. The van der Waals surface area contributed by atoms with Gasteiger partial charge >= 0.3 is 0 Å². The second kappa shape index (κ2) is 6.73. The summed E-state index contributed by atoms with van der Waals surface area (Å²) in [4.78, 5) is 18.1. The number of carbonyl (C=O) groups is 1. The number of rotatable bonds is 3. The number of aliphatic hydroxyl groups excluding tert-OH is 1. The first-order chi connectivity index (χ1) is 12.2. The van der Waals surface area contributed by atoms with Crippen molar-refractivity contribution in [3.63, 3.8) is 0 Å². The number of carbonyl (C=O) groups excluding carboxylic acids is 1. The molecule has 2 N–H and O–H groups in total. The number of benzene rings is 2. The third-order valence-corrected chi connectivity index (χ3v) is 5.13. The zero-order valence-corrected chi connectivity index (χ0v) is 14.1. The van der Waals surface area contributed by atoms with Crippen LogP contribution in [0.15, 0.2) is 54.6 Å². The molecule has 4 nitrogen and oxygen atoms in total. The molecule has 4 heteroatoms. The topological polar surface area (TPSA) is 56.3 Å². The van der Waals surface area contributed by atoms with Gasteiger partial charge in [-0.05, 0) is 48.1 Å². The number of amides is 1. The largest absolute Gasteiger partial charge is 0.392 e. The Morgan fingerprint density at radius 1 is 1.08 bits per heavy atom. The van der Waals surface area contributed by atoms with Crippen molar-refractivity contribution in [3.8, 4) is 0 Å². The van der Waals surface area contributed by atoms with Crippen molar-refractivity contribution in [2.24, 2.45) is 0 Å². The zero-order chi connectivity index (χ0) is 17.2. The average Bonchev–Trinajstić information content (AvgIpc) is 3.12. The fourth-order valence-corrected chi connectivity index (χ4v) is 3.69. The van der Waals surface area contributed by atoms with Crippen LogP contribution in [0.4, 0.5) is 0 Å². The van der Waals surface area contributed by atoms with E-state index in [1.165, 1.54) is 16.6 Å². The molecule has 2 heterocycles. The predicted octanol–water partition coefficient (Wildman–Crippen LogP) is 3.68. The summed E-state index contributed by atoms with van der Waals surface area (Å²) in [5.74, 6) is 0.533. The third-order valence-electron chi connectivity index (χ3n) is 5.13. The van der Waals surface area contributed by atoms with E-state index in [2.05, 4.69) is 29.2 Å². The summed E-state index contributed by atoms with van der Waals surface area (Å²) in [6, 6.07) is 17.8. The van der Waals surface area contributed by atoms with E-state index in [4.69, 9.17) is 0 Å². The molecule has 0 unspecified atom stereocenters. The number of para-hydroxylation sites is 1. The number of aromatic amines is 1. The van der Waals surface area contributed by atoms with E-state index >= 15 is 0 Å². The Kier molecular flexibility index (Phi) is 4.28. The molecular weight excluding hydrogens is 312 g/mol. The maximum Gasteiger partial charge on any atom is 0.253 e. The molecule has 3 aromatic rings. The molecule has 1 aliphatic rings. The molecule has 1 amide bonds. The molecule has 128 valence electrons. The van der Waals surface area contributed by atoms with E-state index in [0.29, 0.717) is 11.5 Å². The van der Waals surface area contributed by atoms with Gasteiger partial charge in [0.1, 0.15) is 0 Å². The number of piperidine rings is 1. The van der Waals surface area contributed by atoms with Crippen LogP contribution in [0.1, 0.15) is 40.4 Å². The number of fused-ring (bicyclic) bond motifs is 1. The van der Waals surface area contributed by atoms with Gasteiger partial charge in [0.05, 0.1) is 6.61 Å². The lowest BCUT2D eigenvalue weighted by molar-refractivity contribution is 0.0712. The monoisotopic (exact) mass is 334 g/mol. The highest BCUT2D eigenvalue weighted by molar-refractivity contribution is 5.94. The van der Waals surface area contributed by atoms with Crippen molar-refractivity contribution in [1.82, 2.24) is 9.88 Å². The fourth-order valence-electron chi connectivity index (χ4n) is 3.69. The first-order valence-electron chi connectivity index (χ1n) is 8.81. The molecule has 1 fully saturated rings. The van der Waals surface area contributed by atoms with Crippen molar-refractivity contribution in [3.05, 3.63) is 71.4 Å². The Bertz CT molecular complexity index is 859. The SMILES string of the molecule is O=C(c1cccc(CO)c1)N1CCC(c2cc3ccccc3[nH]2)CC1. The first-order valence-corrected chi connectivity index (χ1v) is 8.81. The number of aliphatic hydroxyl groups is 1. The van der Waals surface area contributed by atoms with Crippen molar-refractivity contribution in [2.75, 3.05) is 13.1 Å². The minimum Gasteiger partial charge on any atom is -0.392 e. The Morgan fingerprint density at radius 2 is 1.88 bits per heavy atom. The van der Waals surface area contributed by atoms with Crippen LogP contribution in [0.3, 0.4) is 0 Å². The molecule has 1 aliphatic heterocycles. The maximum absolute atomic E-state index is 12.7. The Morgan fingerprint density at radius 3 is 2.64 bits per heavy atom. The summed E-state index contributed by atoms with van der Waals surface area (Å²) < 4.78 is 0. The minimum absolute atomic E-state index is 0.0381. The van der Waals surface area contributed by atoms with Gasteiger partial charge in [-0.1, -0.05) is 30.3 Å². The number of nitrogens with zero attached hydrogens (tertiary/aromatic N) is 1. The molecule has 25 heavy (non-hydrogen) atoms. The van der Waals surface area contributed by atoms with Gasteiger partial charge in [-0.2, -0.15) is 0 Å². The molecule has 2 aromatic carbocycles. The van der Waals surface area contributed by atoms with Crippen LogP contribution in [-0.4, -0.2) is 34.0 Å². The van der Waals surface area contributed by atoms with Crippen molar-refractivity contribution in [2.45, 2.75) is 25.4 Å². The lowest BCUT2D eigenvalue weighted by Gasteiger charge is -2.31. The summed E-state index contributed by atoms with van der Waals surface area (Å²) in [6.07, 6.45) is 1.94. The van der Waals surface area contributed by atoms with Gasteiger partial charge in [-0.15, -0.1) is 0 Å². The van der Waals surface area contributed by atoms with Gasteiger partial charge in [-0.3, -0.25) is 4.79 Å². The van der Waals surface area contributed by atoms with Crippen LogP contribution in [0.2, 0.25) is 0 Å². The molecule has 0 saturated carbocycles. The summed E-state index contributed by atoms with van der Waals surface area (Å²) >= 11 is 0. The van der Waals surface area contributed by atoms with E-state index in [1.807, 2.05) is 29.2 Å². The molecule has 1 saturated heterocycles. The number of H-pyrrole nitrogens is 1. The van der Waals surface area contributed by atoms with E-state index < -0.39 is 0 Å². The average molecular weight is 334 g/mol. The summed E-state index contributed by atoms with van der Waals surface area (Å²) in [7, 11) is 0. The molecular formula is C21H22N2O2. The normalized spacial score (nSPS) is 15.6. The number of likely N-dealkylation sites (tertiary alicyclic amines) is 1. The summed E-state index contributed by atoms with van der Waals surface area (Å²) in [6.45, 7) is 1.49. The maximum atomic E-state index is 12.7. The van der Waals surface area contributed by atoms with E-state index in [1.54, 1.807) is 6.07 Å². The quantitative estimate of drug-likeness (QED) is 0.768. The van der Waals surface area contributed by atoms with E-state index in [9.17, 15) is 9.90 Å². The number of nitrogens with one attached hydrogen (secondary N) is 1. The van der Waals surface area contributed by atoms with Crippen LogP contribution >= 0.6 is 0 Å². The van der Waals surface area contributed by atoms with Crippen LogP contribution in [-0.2, 0) is 6.61 Å². The van der Waals surface area contributed by atoms with Crippen LogP contribution in [0.25, 0.3) is 10.9 Å². The number of hydrogen-bond donors (Lipinski definition) is 2. The lowest BCUT2D eigenvalue weighted by Crippen LogP contribution is -2.38. The van der Waals surface area contributed by atoms with Gasteiger partial charge in [0.15, 0.2) is 0 Å². The van der Waals surface area contributed by atoms with Crippen LogP contribution < -0.4 is 0 Å². The number of aromatic nitrogens is 1. The lowest BCUT2D eigenvalue weighted by atomic mass is 9.93. The van der Waals surface area contributed by atoms with Gasteiger partial charge in [0.25, 0.3) is 5.91 Å². The van der Waals surface area contributed by atoms with Gasteiger partial charge in [0.2, 0.25) is 0 Å². The van der Waals surface area contributed by atoms with Crippen molar-refractivity contribution >= 4 is 16.8 Å². The fraction of sp³-hybridized carbons (Fsp3) is 0.286. The minimum atomic E-state index is -0.0381. The standard InChI is InChI=1S/C21H22N2O2/c24-14-15-4-3-6-18(12-15)21(25)23-10-8-16(9-11-23)20-13-17-5-1-2-7-19(17)22-20/h1-7,12-13,16,22,24H,8-11,14H2. The van der Waals surface area contributed by atoms with Gasteiger partial charge in [-0.25, -0.2) is 0 Å². The second-order valence-corrected chi connectivity index (χ2v) is 6.74. The van der Waals surface area contributed by atoms with Crippen LogP contribution in [0, 0.1) is 0 Å². The smallest absolute Gasteiger partial charge is 0.253 e. The molecule has 1 aromatic heterocycles. The van der Waals surface area contributed by atoms with Crippen molar-refractivity contribution < 1.29 is 9.90 Å². The molecule has 0 aliphatic carbocycles. The second-order valence-electron chi connectivity index (χ2n) is 6.74. The molecule has 0 bridgehead atoms. The first kappa shape index (κ1) is 15.9. The third kappa shape index (κ3) is 3.17. The highest BCUT2D eigenvalue weighted by Gasteiger charge is 2.25. The van der Waals surface area contributed by atoms with Gasteiger partial charge in [0, 0.05) is 35.8 Å². The highest BCUT2D eigenvalue weighted by Crippen LogP contribution is 2.30. The van der Waals surface area contributed by atoms with Crippen LogP contribution in [0.5, 0.6) is 0 Å². The predicted molar refractivity (Wildman–Crippen MR) is 98.5 cm³/mol. The Balaban J connectivity index is 1.44. The van der Waals surface area contributed by atoms with Crippen molar-refractivity contribution in [1.29, 1.82) is 0 Å². The molecule has 0 radical (unpaired) electrons. The van der Waals surface area contributed by atoms with E-state index in [0.717, 1.165) is 31.5 Å². The van der Waals surface area contributed by atoms with Gasteiger partial charge < -0.3 is 15.0 Å².